The molecule has 0 atom stereocenters. The van der Waals surface area contributed by atoms with Gasteiger partial charge in [-0.25, -0.2) is 0 Å². The molecule has 0 spiro atoms. The van der Waals surface area contributed by atoms with Gasteiger partial charge in [0.2, 0.25) is 0 Å². The molecule has 0 unspecified atom stereocenters. The van der Waals surface area contributed by atoms with E-state index in [9.17, 15) is 0 Å². The van der Waals surface area contributed by atoms with E-state index in [-0.39, 0.29) is 0 Å². The lowest BCUT2D eigenvalue weighted by molar-refractivity contribution is 1.54. The molecule has 0 heteroatoms. The third-order valence-electron chi connectivity index (χ3n) is 7.95. The molecule has 0 aliphatic rings. The van der Waals surface area contributed by atoms with Crippen molar-refractivity contribution in [1.82, 2.24) is 0 Å². The molecule has 0 saturated carbocycles. The molecule has 0 nitrogen and oxygen atoms in total. The van der Waals surface area contributed by atoms with E-state index in [2.05, 4.69) is 182 Å². The maximum absolute atomic E-state index is 2.27. The highest BCUT2D eigenvalue weighted by atomic mass is 14.2. The Labute approximate surface area is 248 Å². The SMILES string of the molecule is c1ccc(-c2ccc(-c3cccc(-c4ccc(-c5ccccc5)cc4)c3-c3ccc(-c4ccccc4)cc3)cc2)cc1. The first-order valence-electron chi connectivity index (χ1n) is 14.4. The zero-order chi connectivity index (χ0) is 28.1. The van der Waals surface area contributed by atoms with E-state index < -0.39 is 0 Å². The molecular formula is C42H30. The van der Waals surface area contributed by atoms with Gasteiger partial charge in [0.15, 0.2) is 0 Å². The molecule has 0 saturated heterocycles. The molecule has 42 heavy (non-hydrogen) atoms. The van der Waals surface area contributed by atoms with Crippen LogP contribution in [0.4, 0.5) is 0 Å². The number of hydrogen-bond acceptors (Lipinski definition) is 0. The minimum absolute atomic E-state index is 1.21. The lowest BCUT2D eigenvalue weighted by Crippen LogP contribution is -1.91. The van der Waals surface area contributed by atoms with Gasteiger partial charge in [-0.15, -0.1) is 0 Å². The molecule has 0 heterocycles. The molecule has 7 aromatic rings. The van der Waals surface area contributed by atoms with Crippen LogP contribution in [0.2, 0.25) is 0 Å². The zero-order valence-corrected chi connectivity index (χ0v) is 23.3. The Morgan fingerprint density at radius 3 is 0.762 bits per heavy atom. The Kier molecular flexibility index (Phi) is 7.02. The molecule has 0 amide bonds. The normalized spacial score (nSPS) is 10.9. The monoisotopic (exact) mass is 534 g/mol. The highest BCUT2D eigenvalue weighted by Gasteiger charge is 2.15. The average molecular weight is 535 g/mol. The van der Waals surface area contributed by atoms with Gasteiger partial charge >= 0.3 is 0 Å². The lowest BCUT2D eigenvalue weighted by atomic mass is 9.86. The number of rotatable bonds is 6. The van der Waals surface area contributed by atoms with Crippen LogP contribution >= 0.6 is 0 Å². The fourth-order valence-electron chi connectivity index (χ4n) is 5.75. The molecule has 7 aromatic carbocycles. The second-order valence-electron chi connectivity index (χ2n) is 10.6. The summed E-state index contributed by atoms with van der Waals surface area (Å²) in [4.78, 5) is 0. The van der Waals surface area contributed by atoms with Crippen LogP contribution in [0.5, 0.6) is 0 Å². The van der Waals surface area contributed by atoms with Gasteiger partial charge in [0.1, 0.15) is 0 Å². The van der Waals surface area contributed by atoms with E-state index in [0.29, 0.717) is 0 Å². The van der Waals surface area contributed by atoms with Crippen molar-refractivity contribution in [1.29, 1.82) is 0 Å². The van der Waals surface area contributed by atoms with Crippen LogP contribution < -0.4 is 0 Å². The Hall–Kier alpha value is -5.46. The largest absolute Gasteiger partial charge is 0.0622 e. The van der Waals surface area contributed by atoms with Crippen LogP contribution in [-0.2, 0) is 0 Å². The zero-order valence-electron chi connectivity index (χ0n) is 23.3. The van der Waals surface area contributed by atoms with Crippen LogP contribution in [0.25, 0.3) is 66.8 Å². The van der Waals surface area contributed by atoms with Crippen molar-refractivity contribution in [3.63, 3.8) is 0 Å². The van der Waals surface area contributed by atoms with Crippen molar-refractivity contribution < 1.29 is 0 Å². The van der Waals surface area contributed by atoms with E-state index in [1.54, 1.807) is 0 Å². The van der Waals surface area contributed by atoms with E-state index >= 15 is 0 Å². The smallest absolute Gasteiger partial charge is 0.00268 e. The van der Waals surface area contributed by atoms with Gasteiger partial charge in [-0.05, 0) is 66.8 Å². The lowest BCUT2D eigenvalue weighted by Gasteiger charge is -2.17. The maximum atomic E-state index is 2.27. The van der Waals surface area contributed by atoms with Crippen molar-refractivity contribution in [2.75, 3.05) is 0 Å². The Morgan fingerprint density at radius 2 is 0.429 bits per heavy atom. The summed E-state index contributed by atoms with van der Waals surface area (Å²) < 4.78 is 0. The summed E-state index contributed by atoms with van der Waals surface area (Å²) in [5.74, 6) is 0. The highest BCUT2D eigenvalue weighted by molar-refractivity contribution is 5.95. The van der Waals surface area contributed by atoms with Crippen molar-refractivity contribution in [3.8, 4) is 66.8 Å². The summed E-state index contributed by atoms with van der Waals surface area (Å²) in [6, 6.07) is 65.3. The van der Waals surface area contributed by atoms with Crippen LogP contribution in [0.1, 0.15) is 0 Å². The third kappa shape index (κ3) is 5.19. The summed E-state index contributed by atoms with van der Waals surface area (Å²) in [5, 5.41) is 0. The predicted molar refractivity (Wildman–Crippen MR) is 179 cm³/mol. The molecule has 0 bridgehead atoms. The van der Waals surface area contributed by atoms with Gasteiger partial charge in [-0.2, -0.15) is 0 Å². The molecule has 0 aliphatic heterocycles. The molecule has 0 radical (unpaired) electrons. The minimum atomic E-state index is 1.21. The van der Waals surface area contributed by atoms with Crippen LogP contribution in [0, 0.1) is 0 Å². The van der Waals surface area contributed by atoms with E-state index in [1.807, 2.05) is 0 Å². The first-order chi connectivity index (χ1) is 20.8. The van der Waals surface area contributed by atoms with E-state index in [1.165, 1.54) is 66.8 Å². The Balaban J connectivity index is 1.34. The van der Waals surface area contributed by atoms with Gasteiger partial charge in [-0.1, -0.05) is 182 Å². The summed E-state index contributed by atoms with van der Waals surface area (Å²) in [7, 11) is 0. The van der Waals surface area contributed by atoms with Crippen molar-refractivity contribution in [2.24, 2.45) is 0 Å². The molecule has 0 fully saturated rings. The quantitative estimate of drug-likeness (QED) is 0.199. The summed E-state index contributed by atoms with van der Waals surface area (Å²) >= 11 is 0. The highest BCUT2D eigenvalue weighted by Crippen LogP contribution is 2.41. The van der Waals surface area contributed by atoms with Crippen LogP contribution in [0.15, 0.2) is 182 Å². The molecule has 0 aliphatic carbocycles. The van der Waals surface area contributed by atoms with Crippen molar-refractivity contribution in [2.45, 2.75) is 0 Å². The summed E-state index contributed by atoms with van der Waals surface area (Å²) in [5.41, 5.74) is 14.7. The second-order valence-corrected chi connectivity index (χ2v) is 10.6. The Bertz CT molecular complexity index is 1800. The van der Waals surface area contributed by atoms with Gasteiger partial charge < -0.3 is 0 Å². The maximum Gasteiger partial charge on any atom is -0.00268 e. The van der Waals surface area contributed by atoms with Gasteiger partial charge in [0, 0.05) is 0 Å². The van der Waals surface area contributed by atoms with Crippen molar-refractivity contribution >= 4 is 0 Å². The van der Waals surface area contributed by atoms with Gasteiger partial charge in [0.05, 0.1) is 0 Å². The van der Waals surface area contributed by atoms with Crippen LogP contribution in [0.3, 0.4) is 0 Å². The first-order valence-corrected chi connectivity index (χ1v) is 14.4. The number of benzene rings is 7. The molecule has 0 N–H and O–H groups in total. The molecule has 0 aromatic heterocycles. The fourth-order valence-corrected chi connectivity index (χ4v) is 5.75. The van der Waals surface area contributed by atoms with Crippen LogP contribution in [-0.4, -0.2) is 0 Å². The molecule has 198 valence electrons. The second kappa shape index (κ2) is 11.6. The van der Waals surface area contributed by atoms with E-state index in [0.717, 1.165) is 0 Å². The third-order valence-corrected chi connectivity index (χ3v) is 7.95. The average Bonchev–Trinajstić information content (AvgIpc) is 3.09. The first kappa shape index (κ1) is 25.5. The molecular weight excluding hydrogens is 504 g/mol. The van der Waals surface area contributed by atoms with Gasteiger partial charge in [0.25, 0.3) is 0 Å². The molecule has 7 rings (SSSR count). The number of hydrogen-bond donors (Lipinski definition) is 0. The fraction of sp³-hybridized carbons (Fsp3) is 0. The standard InChI is InChI=1S/C42H30/c1-4-11-31(12-5-1)34-19-25-37(26-20-34)40-17-10-18-41(38-27-21-35(22-28-38)32-13-6-2-7-14-32)42(40)39-29-23-36(24-30-39)33-15-8-3-9-16-33/h1-30H. The Morgan fingerprint density at radius 1 is 0.167 bits per heavy atom. The predicted octanol–water partition coefficient (Wildman–Crippen LogP) is 11.7. The summed E-state index contributed by atoms with van der Waals surface area (Å²) in [6.45, 7) is 0. The minimum Gasteiger partial charge on any atom is -0.0622 e. The van der Waals surface area contributed by atoms with Gasteiger partial charge in [-0.3, -0.25) is 0 Å². The topological polar surface area (TPSA) is 0 Å². The van der Waals surface area contributed by atoms with E-state index in [4.69, 9.17) is 0 Å². The summed E-state index contributed by atoms with van der Waals surface area (Å²) in [6.07, 6.45) is 0. The van der Waals surface area contributed by atoms with Crippen molar-refractivity contribution in [3.05, 3.63) is 182 Å².